The van der Waals surface area contributed by atoms with Gasteiger partial charge in [-0.1, -0.05) is 41.4 Å². The first-order valence-electron chi connectivity index (χ1n) is 8.62. The predicted octanol–water partition coefficient (Wildman–Crippen LogP) is 4.60. The average Bonchev–Trinajstić information content (AvgIpc) is 3.06. The Labute approximate surface area is 174 Å². The number of fused-ring (bicyclic) bond motifs is 2. The number of aliphatic imine (C=N–C) groups is 1. The minimum atomic E-state index is -0.573. The molecule has 2 aromatic heterocycles. The van der Waals surface area contributed by atoms with Crippen LogP contribution in [-0.4, -0.2) is 26.3 Å². The van der Waals surface area contributed by atoms with E-state index in [1.807, 2.05) is 30.3 Å². The number of rotatable bonds is 2. The third-order valence-electron chi connectivity index (χ3n) is 4.90. The fraction of sp³-hybridized carbons (Fsp3) is 0. The van der Waals surface area contributed by atoms with Crippen molar-refractivity contribution in [2.75, 3.05) is 0 Å². The van der Waals surface area contributed by atoms with Gasteiger partial charge >= 0.3 is 0 Å². The van der Waals surface area contributed by atoms with Crippen molar-refractivity contribution in [2.24, 2.45) is 10.7 Å². The molecule has 2 aromatic carbocycles. The van der Waals surface area contributed by atoms with Crippen molar-refractivity contribution in [3.8, 4) is 16.9 Å². The van der Waals surface area contributed by atoms with Crippen LogP contribution in [0.4, 0.5) is 5.69 Å². The second-order valence-corrected chi connectivity index (χ2v) is 7.40. The van der Waals surface area contributed by atoms with E-state index in [9.17, 15) is 9.90 Å². The molecule has 8 heteroatoms. The maximum atomic E-state index is 12.2. The molecule has 3 N–H and O–H groups in total. The van der Waals surface area contributed by atoms with Gasteiger partial charge in [-0.2, -0.15) is 5.10 Å². The number of nitrogens with two attached hydrogens (primary N) is 1. The van der Waals surface area contributed by atoms with Crippen LogP contribution in [0.3, 0.4) is 0 Å². The number of carbonyl (C=O) groups excluding carboxylic acids is 1. The van der Waals surface area contributed by atoms with Crippen LogP contribution >= 0.6 is 23.2 Å². The Kier molecular flexibility index (Phi) is 3.87. The molecule has 1 aliphatic rings. The number of hydrogen-bond acceptors (Lipinski definition) is 4. The van der Waals surface area contributed by atoms with Crippen LogP contribution in [0, 0.1) is 0 Å². The summed E-state index contributed by atoms with van der Waals surface area (Å²) >= 11 is 12.3. The molecular formula is C21H12Cl2N4O2. The summed E-state index contributed by atoms with van der Waals surface area (Å²) in [6, 6.07) is 12.5. The van der Waals surface area contributed by atoms with Crippen molar-refractivity contribution in [3.05, 3.63) is 81.6 Å². The van der Waals surface area contributed by atoms with Gasteiger partial charge in [0.1, 0.15) is 0 Å². The van der Waals surface area contributed by atoms with Gasteiger partial charge in [0, 0.05) is 28.5 Å². The predicted molar refractivity (Wildman–Crippen MR) is 113 cm³/mol. The number of primary amides is 1. The molecule has 1 amide bonds. The zero-order chi connectivity index (χ0) is 20.3. The van der Waals surface area contributed by atoms with Gasteiger partial charge in [0.05, 0.1) is 38.7 Å². The van der Waals surface area contributed by atoms with Gasteiger partial charge in [0.25, 0.3) is 5.91 Å². The Balaban J connectivity index is 1.94. The topological polar surface area (TPSA) is 93.0 Å². The molecule has 0 fully saturated rings. The summed E-state index contributed by atoms with van der Waals surface area (Å²) in [5, 5.41) is 14.5. The zero-order valence-electron chi connectivity index (χ0n) is 14.7. The molecule has 29 heavy (non-hydrogen) atoms. The number of aromatic nitrogens is 2. The number of phenolic OH excluding ortho intramolecular Hbond substituents is 1. The van der Waals surface area contributed by atoms with Crippen molar-refractivity contribution < 1.29 is 9.90 Å². The molecule has 6 nitrogen and oxygen atoms in total. The molecule has 0 atom stereocenters. The van der Waals surface area contributed by atoms with E-state index in [1.54, 1.807) is 22.8 Å². The van der Waals surface area contributed by atoms with Gasteiger partial charge in [-0.3, -0.25) is 4.79 Å². The number of aromatic hydroxyl groups is 1. The number of phenols is 1. The quantitative estimate of drug-likeness (QED) is 0.435. The van der Waals surface area contributed by atoms with E-state index in [1.165, 1.54) is 6.20 Å². The van der Waals surface area contributed by atoms with Crippen molar-refractivity contribution in [2.45, 2.75) is 0 Å². The number of hydrogen-bond donors (Lipinski definition) is 2. The molecule has 0 unspecified atom stereocenters. The summed E-state index contributed by atoms with van der Waals surface area (Å²) in [7, 11) is 0. The van der Waals surface area contributed by atoms with Gasteiger partial charge in [0.2, 0.25) is 0 Å². The Hall–Kier alpha value is -3.35. The normalized spacial score (nSPS) is 12.4. The van der Waals surface area contributed by atoms with Crippen LogP contribution in [0.5, 0.6) is 5.75 Å². The van der Waals surface area contributed by atoms with Crippen LogP contribution in [0.2, 0.25) is 10.0 Å². The lowest BCUT2D eigenvalue weighted by molar-refractivity contribution is 0.100. The monoisotopic (exact) mass is 422 g/mol. The molecule has 0 radical (unpaired) electrons. The first-order chi connectivity index (χ1) is 14.0. The van der Waals surface area contributed by atoms with Crippen molar-refractivity contribution >= 4 is 46.0 Å². The fourth-order valence-electron chi connectivity index (χ4n) is 3.62. The van der Waals surface area contributed by atoms with E-state index in [2.05, 4.69) is 5.10 Å². The number of carbonyl (C=O) groups is 1. The third-order valence-corrected chi connectivity index (χ3v) is 5.48. The molecule has 3 heterocycles. The molecule has 1 aliphatic heterocycles. The van der Waals surface area contributed by atoms with E-state index in [-0.39, 0.29) is 15.8 Å². The van der Waals surface area contributed by atoms with E-state index in [0.717, 1.165) is 11.1 Å². The summed E-state index contributed by atoms with van der Waals surface area (Å²) in [5.74, 6) is -0.761. The number of benzene rings is 2. The summed E-state index contributed by atoms with van der Waals surface area (Å²) in [4.78, 5) is 17.0. The SMILES string of the molecule is NC(=O)c1cnn2ccc3c2c1-c1ccccc1N=C3c1cc(Cl)c(O)c(Cl)c1. The molecule has 0 saturated carbocycles. The lowest BCUT2D eigenvalue weighted by atomic mass is 9.96. The van der Waals surface area contributed by atoms with E-state index in [0.29, 0.717) is 33.6 Å². The standard InChI is InChI=1S/C21H12Cl2N4O2/c22-14-7-10(8-15(23)20(14)28)18-12-5-6-27-19(12)17(13(9-25-27)21(24)29)11-3-1-2-4-16(11)26-18/h1-9,28H,(H2,24,29). The molecule has 4 aromatic rings. The van der Waals surface area contributed by atoms with Gasteiger partial charge in [-0.05, 0) is 24.3 Å². The summed E-state index contributed by atoms with van der Waals surface area (Å²) in [6.07, 6.45) is 3.25. The van der Waals surface area contributed by atoms with Gasteiger partial charge in [0.15, 0.2) is 5.75 Å². The highest BCUT2D eigenvalue weighted by Crippen LogP contribution is 2.42. The number of amides is 1. The van der Waals surface area contributed by atoms with Crippen molar-refractivity contribution in [3.63, 3.8) is 0 Å². The highest BCUT2D eigenvalue weighted by Gasteiger charge is 2.26. The molecular weight excluding hydrogens is 411 g/mol. The Morgan fingerprint density at radius 1 is 1.07 bits per heavy atom. The largest absolute Gasteiger partial charge is 0.505 e. The number of para-hydroxylation sites is 1. The van der Waals surface area contributed by atoms with Crippen molar-refractivity contribution in [1.29, 1.82) is 0 Å². The summed E-state index contributed by atoms with van der Waals surface area (Å²) in [6.45, 7) is 0. The molecule has 0 bridgehead atoms. The molecule has 0 saturated heterocycles. The second kappa shape index (κ2) is 6.34. The van der Waals surface area contributed by atoms with Gasteiger partial charge in [-0.15, -0.1) is 0 Å². The zero-order valence-corrected chi connectivity index (χ0v) is 16.2. The van der Waals surface area contributed by atoms with E-state index in [4.69, 9.17) is 33.9 Å². The molecule has 0 spiro atoms. The average molecular weight is 423 g/mol. The van der Waals surface area contributed by atoms with Gasteiger partial charge < -0.3 is 10.8 Å². The number of halogens is 2. The van der Waals surface area contributed by atoms with Crippen LogP contribution in [0.15, 0.2) is 59.9 Å². The molecule has 5 rings (SSSR count). The minimum Gasteiger partial charge on any atom is -0.505 e. The minimum absolute atomic E-state index is 0.118. The lowest BCUT2D eigenvalue weighted by Crippen LogP contribution is -2.14. The Bertz CT molecular complexity index is 1350. The maximum absolute atomic E-state index is 12.2. The van der Waals surface area contributed by atoms with Crippen LogP contribution < -0.4 is 5.73 Å². The highest BCUT2D eigenvalue weighted by atomic mass is 35.5. The van der Waals surface area contributed by atoms with Crippen molar-refractivity contribution in [1.82, 2.24) is 9.61 Å². The van der Waals surface area contributed by atoms with E-state index < -0.39 is 5.91 Å². The fourth-order valence-corrected chi connectivity index (χ4v) is 4.10. The smallest absolute Gasteiger partial charge is 0.251 e. The number of nitrogens with zero attached hydrogens (tertiary/aromatic N) is 3. The molecule has 0 aliphatic carbocycles. The van der Waals surface area contributed by atoms with Crippen LogP contribution in [0.1, 0.15) is 21.5 Å². The third kappa shape index (κ3) is 2.61. The van der Waals surface area contributed by atoms with Crippen LogP contribution in [-0.2, 0) is 0 Å². The van der Waals surface area contributed by atoms with Gasteiger partial charge in [-0.25, -0.2) is 9.51 Å². The molecule has 142 valence electrons. The first kappa shape index (κ1) is 17.7. The highest BCUT2D eigenvalue weighted by molar-refractivity contribution is 6.38. The summed E-state index contributed by atoms with van der Waals surface area (Å²) in [5.41, 5.74) is 10.7. The second-order valence-electron chi connectivity index (χ2n) is 6.59. The van der Waals surface area contributed by atoms with Crippen LogP contribution in [0.25, 0.3) is 16.6 Å². The first-order valence-corrected chi connectivity index (χ1v) is 9.38. The Morgan fingerprint density at radius 3 is 2.52 bits per heavy atom. The summed E-state index contributed by atoms with van der Waals surface area (Å²) < 4.78 is 1.68. The Morgan fingerprint density at radius 2 is 1.79 bits per heavy atom. The maximum Gasteiger partial charge on any atom is 0.251 e. The van der Waals surface area contributed by atoms with E-state index >= 15 is 0 Å². The lowest BCUT2D eigenvalue weighted by Gasteiger charge is -2.10.